The summed E-state index contributed by atoms with van der Waals surface area (Å²) in [6.07, 6.45) is 5.21. The van der Waals surface area contributed by atoms with Gasteiger partial charge in [-0.3, -0.25) is 0 Å². The Morgan fingerprint density at radius 2 is 1.69 bits per heavy atom. The number of hydrogen-bond donors (Lipinski definition) is 0. The minimum absolute atomic E-state index is 0.565. The largest absolute Gasteiger partial charge is 0.198 e. The second kappa shape index (κ2) is 3.94. The number of benzene rings is 1. The summed E-state index contributed by atoms with van der Waals surface area (Å²) in [6, 6.07) is 6.99. The van der Waals surface area contributed by atoms with Gasteiger partial charge in [-0.2, -0.15) is 15.4 Å². The van der Waals surface area contributed by atoms with E-state index in [1.54, 1.807) is 42.7 Å². The predicted molar refractivity (Wildman–Crippen MR) is 50.2 cm³/mol. The molecule has 0 aliphatic carbocycles. The third kappa shape index (κ3) is 1.85. The van der Waals surface area contributed by atoms with E-state index in [9.17, 15) is 0 Å². The van der Waals surface area contributed by atoms with Crippen LogP contribution in [0.3, 0.4) is 0 Å². The summed E-state index contributed by atoms with van der Waals surface area (Å²) in [6.45, 7) is 3.60. The van der Waals surface area contributed by atoms with Gasteiger partial charge in [0.15, 0.2) is 12.4 Å². The van der Waals surface area contributed by atoms with Gasteiger partial charge in [-0.15, -0.1) is 0 Å². The van der Waals surface area contributed by atoms with E-state index in [0.717, 1.165) is 10.5 Å². The monoisotopic (exact) mass is 169 g/mol. The summed E-state index contributed by atoms with van der Waals surface area (Å²) in [7, 11) is 0. The molecule has 62 valence electrons. The summed E-state index contributed by atoms with van der Waals surface area (Å²) in [4.78, 5) is 0.937. The van der Waals surface area contributed by atoms with Gasteiger partial charge in [-0.05, 0) is 17.7 Å². The van der Waals surface area contributed by atoms with Crippen LogP contribution in [0, 0.1) is 22.9 Å². The Morgan fingerprint density at radius 1 is 1.15 bits per heavy atom. The molecule has 0 atom stereocenters. The van der Waals surface area contributed by atoms with Crippen LogP contribution in [0.1, 0.15) is 5.56 Å². The summed E-state index contributed by atoms with van der Waals surface area (Å²) >= 11 is 0. The van der Waals surface area contributed by atoms with Crippen molar-refractivity contribution in [2.45, 2.75) is 0 Å². The lowest BCUT2D eigenvalue weighted by atomic mass is 10.2. The molecule has 1 rings (SSSR count). The number of anilines is 1. The van der Waals surface area contributed by atoms with E-state index in [0.29, 0.717) is 5.69 Å². The Hall–Kier alpha value is -2.26. The van der Waals surface area contributed by atoms with Crippen molar-refractivity contribution in [2.75, 3.05) is 4.90 Å². The van der Waals surface area contributed by atoms with Crippen molar-refractivity contribution in [2.24, 2.45) is 0 Å². The highest BCUT2D eigenvalue weighted by Crippen LogP contribution is 2.13. The smallest absolute Gasteiger partial charge is 0.183 e. The van der Waals surface area contributed by atoms with Crippen LogP contribution >= 0.6 is 0 Å². The summed E-state index contributed by atoms with van der Waals surface area (Å²) in [5.41, 5.74) is 1.52. The van der Waals surface area contributed by atoms with Crippen molar-refractivity contribution in [3.63, 3.8) is 0 Å². The van der Waals surface area contributed by atoms with Gasteiger partial charge in [0.2, 0.25) is 0 Å². The third-order valence-corrected chi connectivity index (χ3v) is 1.59. The van der Waals surface area contributed by atoms with E-state index in [4.69, 9.17) is 10.5 Å². The van der Waals surface area contributed by atoms with Crippen molar-refractivity contribution < 1.29 is 0 Å². The molecule has 0 radical (unpaired) electrons. The fourth-order valence-corrected chi connectivity index (χ4v) is 0.897. The van der Waals surface area contributed by atoms with Gasteiger partial charge >= 0.3 is 0 Å². The highest BCUT2D eigenvalue weighted by Gasteiger charge is 2.01. The minimum Gasteiger partial charge on any atom is -0.183 e. The second-order valence-electron chi connectivity index (χ2n) is 2.33. The Labute approximate surface area is 76.7 Å². The van der Waals surface area contributed by atoms with E-state index >= 15 is 0 Å². The van der Waals surface area contributed by atoms with E-state index in [2.05, 4.69) is 6.58 Å². The zero-order valence-corrected chi connectivity index (χ0v) is 6.94. The van der Waals surface area contributed by atoms with E-state index in [1.807, 2.05) is 0 Å². The Kier molecular flexibility index (Phi) is 2.68. The molecule has 3 heteroatoms. The van der Waals surface area contributed by atoms with Crippen molar-refractivity contribution in [3.8, 4) is 12.4 Å². The Bertz CT molecular complexity index is 364. The molecule has 0 amide bonds. The maximum Gasteiger partial charge on any atom is 0.198 e. The Balaban J connectivity index is 3.00. The first kappa shape index (κ1) is 8.83. The highest BCUT2D eigenvalue weighted by atomic mass is 15.1. The predicted octanol–water partition coefficient (Wildman–Crippen LogP) is 2.10. The molecule has 13 heavy (non-hydrogen) atoms. The molecular formula is C10H7N3. The van der Waals surface area contributed by atoms with Crippen LogP contribution < -0.4 is 4.90 Å². The SMILES string of the molecule is C=Cc1ccc(N(C#N)C#N)cc1. The summed E-state index contributed by atoms with van der Waals surface area (Å²) in [5.74, 6) is 0. The van der Waals surface area contributed by atoms with Crippen molar-refractivity contribution in [3.05, 3.63) is 36.4 Å². The van der Waals surface area contributed by atoms with Gasteiger partial charge < -0.3 is 0 Å². The maximum atomic E-state index is 8.54. The molecule has 3 nitrogen and oxygen atoms in total. The molecule has 0 aliphatic rings. The first-order valence-corrected chi connectivity index (χ1v) is 3.64. The highest BCUT2D eigenvalue weighted by molar-refractivity contribution is 5.58. The first-order valence-electron chi connectivity index (χ1n) is 3.64. The van der Waals surface area contributed by atoms with Gasteiger partial charge in [0.25, 0.3) is 0 Å². The summed E-state index contributed by atoms with van der Waals surface area (Å²) < 4.78 is 0. The van der Waals surface area contributed by atoms with Crippen LogP contribution in [0.25, 0.3) is 6.08 Å². The van der Waals surface area contributed by atoms with Crippen LogP contribution in [0.4, 0.5) is 5.69 Å². The molecule has 0 aromatic heterocycles. The normalized spacial score (nSPS) is 8.15. The fraction of sp³-hybridized carbons (Fsp3) is 0. The van der Waals surface area contributed by atoms with E-state index in [-0.39, 0.29) is 0 Å². The van der Waals surface area contributed by atoms with Gasteiger partial charge in [-0.25, -0.2) is 0 Å². The molecule has 0 unspecified atom stereocenters. The van der Waals surface area contributed by atoms with E-state index < -0.39 is 0 Å². The van der Waals surface area contributed by atoms with Crippen molar-refractivity contribution in [1.29, 1.82) is 10.5 Å². The summed E-state index contributed by atoms with van der Waals surface area (Å²) in [5, 5.41) is 17.1. The van der Waals surface area contributed by atoms with E-state index in [1.165, 1.54) is 0 Å². The average Bonchev–Trinajstić information content (AvgIpc) is 2.21. The molecule has 1 aromatic rings. The number of nitriles is 2. The quantitative estimate of drug-likeness (QED) is 0.503. The molecule has 1 aromatic carbocycles. The van der Waals surface area contributed by atoms with Gasteiger partial charge in [-0.1, -0.05) is 24.8 Å². The fourth-order valence-electron chi connectivity index (χ4n) is 0.897. The number of rotatable bonds is 2. The van der Waals surface area contributed by atoms with Crippen LogP contribution in [0.5, 0.6) is 0 Å². The standard InChI is InChI=1S/C10H7N3/c1-2-9-3-5-10(6-4-9)13(7-11)8-12/h2-6H,1H2. The number of nitrogens with zero attached hydrogens (tertiary/aromatic N) is 3. The molecule has 0 saturated carbocycles. The molecular weight excluding hydrogens is 162 g/mol. The van der Waals surface area contributed by atoms with Gasteiger partial charge in [0.1, 0.15) is 0 Å². The van der Waals surface area contributed by atoms with Gasteiger partial charge in [0.05, 0.1) is 5.69 Å². The maximum absolute atomic E-state index is 8.54. The molecule has 0 fully saturated rings. The van der Waals surface area contributed by atoms with Crippen LogP contribution in [0.2, 0.25) is 0 Å². The third-order valence-electron chi connectivity index (χ3n) is 1.59. The van der Waals surface area contributed by atoms with Crippen molar-refractivity contribution in [1.82, 2.24) is 0 Å². The topological polar surface area (TPSA) is 50.8 Å². The lowest BCUT2D eigenvalue weighted by Crippen LogP contribution is -2.06. The van der Waals surface area contributed by atoms with Crippen molar-refractivity contribution >= 4 is 11.8 Å². The minimum atomic E-state index is 0.565. The van der Waals surface area contributed by atoms with Crippen LogP contribution in [-0.2, 0) is 0 Å². The average molecular weight is 169 g/mol. The van der Waals surface area contributed by atoms with Gasteiger partial charge in [0, 0.05) is 0 Å². The second-order valence-corrected chi connectivity index (χ2v) is 2.33. The molecule has 0 aliphatic heterocycles. The lowest BCUT2D eigenvalue weighted by molar-refractivity contribution is 1.26. The Morgan fingerprint density at radius 3 is 2.08 bits per heavy atom. The number of hydrogen-bond acceptors (Lipinski definition) is 3. The zero-order chi connectivity index (χ0) is 9.68. The zero-order valence-electron chi connectivity index (χ0n) is 6.94. The molecule has 0 N–H and O–H groups in total. The molecule has 0 heterocycles. The lowest BCUT2D eigenvalue weighted by Gasteiger charge is -2.04. The van der Waals surface area contributed by atoms with Crippen LogP contribution in [-0.4, -0.2) is 0 Å². The molecule has 0 bridgehead atoms. The molecule has 0 saturated heterocycles. The van der Waals surface area contributed by atoms with Crippen LogP contribution in [0.15, 0.2) is 30.8 Å². The molecule has 0 spiro atoms. The first-order chi connectivity index (χ1) is 6.31.